The van der Waals surface area contributed by atoms with Crippen LogP contribution in [-0.4, -0.2) is 33.0 Å². The number of amides is 1. The number of esters is 1. The quantitative estimate of drug-likeness (QED) is 0.276. The van der Waals surface area contributed by atoms with Crippen LogP contribution in [0.2, 0.25) is 10.0 Å². The van der Waals surface area contributed by atoms with E-state index in [1.54, 1.807) is 38.1 Å². The van der Waals surface area contributed by atoms with Crippen molar-refractivity contribution in [1.82, 2.24) is 15.5 Å². The Labute approximate surface area is 198 Å². The summed E-state index contributed by atoms with van der Waals surface area (Å²) in [5.74, 6) is -1.48. The monoisotopic (exact) mass is 492 g/mol. The minimum absolute atomic E-state index is 0.0212. The normalized spacial score (nSPS) is 11.8. The molecule has 1 amide bonds. The maximum atomic E-state index is 12.6. The van der Waals surface area contributed by atoms with Gasteiger partial charge in [0.05, 0.1) is 15.5 Å². The van der Waals surface area contributed by atoms with Crippen LogP contribution in [-0.2, 0) is 16.1 Å². The van der Waals surface area contributed by atoms with Gasteiger partial charge in [-0.1, -0.05) is 54.3 Å². The standard InChI is InChI=1S/C21H18Cl2N4O6/c1-11(2)18(25-19(28)12-7-8-15(23)16(9-12)27(30)31)21(29)32-10-17-24-20(33-26-17)13-5-3-4-6-14(13)22/h3-9,11,18H,10H2,1-2H3,(H,25,28)/t18-/m0/s1. The topological polar surface area (TPSA) is 137 Å². The second kappa shape index (κ2) is 10.4. The number of halogens is 2. The maximum Gasteiger partial charge on any atom is 0.329 e. The lowest BCUT2D eigenvalue weighted by Gasteiger charge is -2.20. The highest BCUT2D eigenvalue weighted by molar-refractivity contribution is 6.33. The number of nitro benzene ring substituents is 1. The molecule has 1 atom stereocenters. The molecule has 0 spiro atoms. The zero-order chi connectivity index (χ0) is 24.1. The molecule has 0 saturated carbocycles. The number of aromatic nitrogens is 2. The van der Waals surface area contributed by atoms with E-state index in [9.17, 15) is 19.7 Å². The molecule has 0 unspecified atom stereocenters. The summed E-state index contributed by atoms with van der Waals surface area (Å²) in [6, 6.07) is 9.47. The van der Waals surface area contributed by atoms with Crippen LogP contribution < -0.4 is 5.32 Å². The molecule has 0 aliphatic heterocycles. The summed E-state index contributed by atoms with van der Waals surface area (Å²) in [4.78, 5) is 39.7. The maximum absolute atomic E-state index is 12.6. The Morgan fingerprint density at radius 3 is 2.58 bits per heavy atom. The number of nitrogens with zero attached hydrogens (tertiary/aromatic N) is 3. The van der Waals surface area contributed by atoms with Gasteiger partial charge < -0.3 is 14.6 Å². The van der Waals surface area contributed by atoms with Crippen LogP contribution in [0.5, 0.6) is 0 Å². The van der Waals surface area contributed by atoms with Crippen molar-refractivity contribution < 1.29 is 23.8 Å². The number of carbonyl (C=O) groups is 2. The van der Waals surface area contributed by atoms with Gasteiger partial charge in [0.15, 0.2) is 6.61 Å². The summed E-state index contributed by atoms with van der Waals surface area (Å²) in [6.07, 6.45) is 0. The van der Waals surface area contributed by atoms with E-state index in [4.69, 9.17) is 32.5 Å². The molecule has 3 rings (SSSR count). The third-order valence-electron chi connectivity index (χ3n) is 4.53. The van der Waals surface area contributed by atoms with E-state index in [0.717, 1.165) is 6.07 Å². The number of rotatable bonds is 8. The van der Waals surface area contributed by atoms with Gasteiger partial charge in [0.1, 0.15) is 11.1 Å². The molecule has 2 aromatic carbocycles. The zero-order valence-corrected chi connectivity index (χ0v) is 19.0. The van der Waals surface area contributed by atoms with E-state index < -0.39 is 28.5 Å². The molecule has 1 aromatic heterocycles. The van der Waals surface area contributed by atoms with E-state index in [1.165, 1.54) is 12.1 Å². The first kappa shape index (κ1) is 24.1. The van der Waals surface area contributed by atoms with Gasteiger partial charge in [-0.2, -0.15) is 4.98 Å². The fourth-order valence-corrected chi connectivity index (χ4v) is 3.20. The Morgan fingerprint density at radius 1 is 1.18 bits per heavy atom. The summed E-state index contributed by atoms with van der Waals surface area (Å²) < 4.78 is 10.4. The van der Waals surface area contributed by atoms with Gasteiger partial charge >= 0.3 is 5.97 Å². The second-order valence-electron chi connectivity index (χ2n) is 7.22. The zero-order valence-electron chi connectivity index (χ0n) is 17.5. The van der Waals surface area contributed by atoms with E-state index in [1.807, 2.05) is 0 Å². The lowest BCUT2D eigenvalue weighted by atomic mass is 10.0. The fraction of sp³-hybridized carbons (Fsp3) is 0.238. The Morgan fingerprint density at radius 2 is 1.91 bits per heavy atom. The minimum atomic E-state index is -1.03. The van der Waals surface area contributed by atoms with Crippen LogP contribution in [0.3, 0.4) is 0 Å². The van der Waals surface area contributed by atoms with Gasteiger partial charge in [-0.05, 0) is 30.2 Å². The average Bonchev–Trinajstić information content (AvgIpc) is 3.24. The Kier molecular flexibility index (Phi) is 7.62. The van der Waals surface area contributed by atoms with Gasteiger partial charge in [0, 0.05) is 11.6 Å². The van der Waals surface area contributed by atoms with Crippen LogP contribution in [0.1, 0.15) is 30.0 Å². The Balaban J connectivity index is 1.66. The first-order valence-electron chi connectivity index (χ1n) is 9.66. The van der Waals surface area contributed by atoms with Crippen molar-refractivity contribution in [3.8, 4) is 11.5 Å². The van der Waals surface area contributed by atoms with Gasteiger partial charge in [-0.15, -0.1) is 0 Å². The number of hydrogen-bond acceptors (Lipinski definition) is 8. The molecule has 10 nitrogen and oxygen atoms in total. The minimum Gasteiger partial charge on any atom is -0.456 e. The third kappa shape index (κ3) is 5.85. The summed E-state index contributed by atoms with van der Waals surface area (Å²) in [7, 11) is 0. The molecule has 0 saturated heterocycles. The molecule has 0 bridgehead atoms. The van der Waals surface area contributed by atoms with Crippen LogP contribution in [0.25, 0.3) is 11.5 Å². The van der Waals surface area contributed by atoms with Crippen molar-refractivity contribution >= 4 is 40.8 Å². The van der Waals surface area contributed by atoms with Crippen molar-refractivity contribution in [1.29, 1.82) is 0 Å². The Hall–Kier alpha value is -3.50. The van der Waals surface area contributed by atoms with Crippen LogP contribution in [0.4, 0.5) is 5.69 Å². The van der Waals surface area contributed by atoms with Crippen molar-refractivity contribution in [3.05, 3.63) is 74.0 Å². The lowest BCUT2D eigenvalue weighted by molar-refractivity contribution is -0.384. The molecule has 12 heteroatoms. The third-order valence-corrected chi connectivity index (χ3v) is 5.18. The number of nitrogens with one attached hydrogen (secondary N) is 1. The van der Waals surface area contributed by atoms with Crippen molar-refractivity contribution in [3.63, 3.8) is 0 Å². The second-order valence-corrected chi connectivity index (χ2v) is 8.04. The number of benzene rings is 2. The molecule has 3 aromatic rings. The van der Waals surface area contributed by atoms with Crippen LogP contribution >= 0.6 is 23.2 Å². The molecule has 1 N–H and O–H groups in total. The molecule has 0 radical (unpaired) electrons. The van der Waals surface area contributed by atoms with Crippen LogP contribution in [0.15, 0.2) is 47.0 Å². The smallest absolute Gasteiger partial charge is 0.329 e. The summed E-state index contributed by atoms with van der Waals surface area (Å²) in [5.41, 5.74) is 0.0974. The van der Waals surface area contributed by atoms with Crippen LogP contribution in [0, 0.1) is 16.0 Å². The number of nitro groups is 1. The summed E-state index contributed by atoms with van der Waals surface area (Å²) in [6.45, 7) is 3.12. The van der Waals surface area contributed by atoms with Crippen molar-refractivity contribution in [2.45, 2.75) is 26.5 Å². The average molecular weight is 493 g/mol. The molecule has 0 aliphatic rings. The molecular formula is C21H18Cl2N4O6. The first-order chi connectivity index (χ1) is 15.7. The SMILES string of the molecule is CC(C)[C@H](NC(=O)c1ccc(Cl)c([N+](=O)[O-])c1)C(=O)OCc1noc(-c2ccccc2Cl)n1. The van der Waals surface area contributed by atoms with Gasteiger partial charge in [0.2, 0.25) is 5.82 Å². The summed E-state index contributed by atoms with van der Waals surface area (Å²) in [5, 5.41) is 17.7. The molecule has 1 heterocycles. The molecule has 0 aliphatic carbocycles. The predicted molar refractivity (Wildman–Crippen MR) is 119 cm³/mol. The van der Waals surface area contributed by atoms with Gasteiger partial charge in [-0.25, -0.2) is 4.79 Å². The van der Waals surface area contributed by atoms with Gasteiger partial charge in [0.25, 0.3) is 17.5 Å². The molecule has 0 fully saturated rings. The van der Waals surface area contributed by atoms with E-state index in [0.29, 0.717) is 10.6 Å². The van der Waals surface area contributed by atoms with E-state index >= 15 is 0 Å². The number of hydrogen-bond donors (Lipinski definition) is 1. The fourth-order valence-electron chi connectivity index (χ4n) is 2.80. The predicted octanol–water partition coefficient (Wildman–Crippen LogP) is 4.45. The largest absolute Gasteiger partial charge is 0.456 e. The molecule has 172 valence electrons. The van der Waals surface area contributed by atoms with E-state index in [-0.39, 0.29) is 34.8 Å². The summed E-state index contributed by atoms with van der Waals surface area (Å²) >= 11 is 11.9. The molecular weight excluding hydrogens is 475 g/mol. The van der Waals surface area contributed by atoms with Gasteiger partial charge in [-0.3, -0.25) is 14.9 Å². The number of carbonyl (C=O) groups excluding carboxylic acids is 2. The first-order valence-corrected chi connectivity index (χ1v) is 10.4. The highest BCUT2D eigenvalue weighted by Crippen LogP contribution is 2.26. The van der Waals surface area contributed by atoms with Crippen molar-refractivity contribution in [2.75, 3.05) is 0 Å². The Bertz CT molecular complexity index is 1200. The number of ether oxygens (including phenoxy) is 1. The lowest BCUT2D eigenvalue weighted by Crippen LogP contribution is -2.45. The highest BCUT2D eigenvalue weighted by atomic mass is 35.5. The van der Waals surface area contributed by atoms with Crippen molar-refractivity contribution in [2.24, 2.45) is 5.92 Å². The van der Waals surface area contributed by atoms with E-state index in [2.05, 4.69) is 15.5 Å². The molecule has 33 heavy (non-hydrogen) atoms. The highest BCUT2D eigenvalue weighted by Gasteiger charge is 2.27.